The van der Waals surface area contributed by atoms with E-state index in [1.807, 2.05) is 0 Å². The van der Waals surface area contributed by atoms with E-state index in [0.29, 0.717) is 5.69 Å². The molecule has 1 aromatic carbocycles. The normalized spacial score (nSPS) is 11.5. The molecule has 0 N–H and O–H groups in total. The first kappa shape index (κ1) is 12.4. The Morgan fingerprint density at radius 2 is 1.67 bits per heavy atom. The van der Waals surface area contributed by atoms with Crippen molar-refractivity contribution in [2.75, 3.05) is 0 Å². The zero-order chi connectivity index (χ0) is 13.2. The van der Waals surface area contributed by atoms with E-state index in [0.717, 1.165) is 6.07 Å². The summed E-state index contributed by atoms with van der Waals surface area (Å²) in [5.41, 5.74) is 0.254. The Bertz CT molecular complexity index is 587. The molecule has 0 radical (unpaired) electrons. The van der Waals surface area contributed by atoms with Gasteiger partial charge in [0.05, 0.1) is 6.42 Å². The van der Waals surface area contributed by atoms with Crippen molar-refractivity contribution in [1.29, 1.82) is 0 Å². The third kappa shape index (κ3) is 3.00. The lowest BCUT2D eigenvalue weighted by Crippen LogP contribution is -2.19. The summed E-state index contributed by atoms with van der Waals surface area (Å²) in [6, 6.07) is 10.9. The highest BCUT2D eigenvalue weighted by atomic mass is 19.4. The van der Waals surface area contributed by atoms with E-state index in [1.54, 1.807) is 30.3 Å². The summed E-state index contributed by atoms with van der Waals surface area (Å²) in [4.78, 5) is 11.6. The molecule has 0 aliphatic heterocycles. The lowest BCUT2D eigenvalue weighted by atomic mass is 10.2. The van der Waals surface area contributed by atoms with Crippen molar-refractivity contribution in [3.05, 3.63) is 64.6 Å². The number of halogens is 3. The molecule has 2 aromatic rings. The van der Waals surface area contributed by atoms with Gasteiger partial charge in [0, 0.05) is 18.0 Å². The Labute approximate surface area is 101 Å². The number of alkyl halides is 3. The molecule has 0 aliphatic rings. The molecule has 0 unspecified atom stereocenters. The van der Waals surface area contributed by atoms with E-state index in [1.165, 1.54) is 16.8 Å². The maximum atomic E-state index is 12.3. The van der Waals surface area contributed by atoms with E-state index in [4.69, 9.17) is 0 Å². The maximum absolute atomic E-state index is 12.3. The first-order valence-electron chi connectivity index (χ1n) is 5.29. The van der Waals surface area contributed by atoms with Gasteiger partial charge in [-0.1, -0.05) is 24.3 Å². The van der Waals surface area contributed by atoms with Gasteiger partial charge in [-0.2, -0.15) is 13.2 Å². The Morgan fingerprint density at radius 1 is 1.00 bits per heavy atom. The fraction of sp³-hybridized carbons (Fsp3) is 0.154. The number of pyridine rings is 1. The minimum absolute atomic E-state index is 0.0611. The van der Waals surface area contributed by atoms with Gasteiger partial charge >= 0.3 is 6.18 Å². The van der Waals surface area contributed by atoms with E-state index in [2.05, 4.69) is 0 Å². The number of aromatic nitrogens is 1. The second kappa shape index (κ2) is 4.68. The van der Waals surface area contributed by atoms with Gasteiger partial charge in [-0.15, -0.1) is 0 Å². The minimum atomic E-state index is -4.28. The van der Waals surface area contributed by atoms with Crippen LogP contribution in [0, 0.1) is 0 Å². The van der Waals surface area contributed by atoms with Crippen molar-refractivity contribution in [2.45, 2.75) is 12.6 Å². The molecule has 0 amide bonds. The zero-order valence-corrected chi connectivity index (χ0v) is 9.32. The molecule has 1 aromatic heterocycles. The van der Waals surface area contributed by atoms with Gasteiger partial charge < -0.3 is 0 Å². The summed E-state index contributed by atoms with van der Waals surface area (Å²) >= 11 is 0. The Balaban J connectivity index is 2.43. The molecule has 0 atom stereocenters. The Kier molecular flexibility index (Phi) is 3.23. The fourth-order valence-electron chi connectivity index (χ4n) is 1.66. The van der Waals surface area contributed by atoms with Crippen molar-refractivity contribution in [3.8, 4) is 5.69 Å². The molecule has 0 spiro atoms. The molecule has 2 nitrogen and oxygen atoms in total. The number of para-hydroxylation sites is 1. The van der Waals surface area contributed by atoms with Crippen LogP contribution >= 0.6 is 0 Å². The molecule has 1 heterocycles. The summed E-state index contributed by atoms with van der Waals surface area (Å²) < 4.78 is 38.1. The second-order valence-corrected chi connectivity index (χ2v) is 3.87. The number of benzene rings is 1. The summed E-state index contributed by atoms with van der Waals surface area (Å²) in [6.45, 7) is 0. The SMILES string of the molecule is O=c1ccc(CC(F)(F)F)cn1-c1ccccc1. The largest absolute Gasteiger partial charge is 0.393 e. The molecule has 0 bridgehead atoms. The lowest BCUT2D eigenvalue weighted by molar-refractivity contribution is -0.127. The van der Waals surface area contributed by atoms with Gasteiger partial charge in [0.25, 0.3) is 5.56 Å². The second-order valence-electron chi connectivity index (χ2n) is 3.87. The van der Waals surface area contributed by atoms with Crippen LogP contribution in [0.4, 0.5) is 13.2 Å². The molecule has 0 aliphatic carbocycles. The van der Waals surface area contributed by atoms with E-state index in [9.17, 15) is 18.0 Å². The van der Waals surface area contributed by atoms with Crippen LogP contribution in [-0.2, 0) is 6.42 Å². The Morgan fingerprint density at radius 3 is 2.28 bits per heavy atom. The van der Waals surface area contributed by atoms with Crippen molar-refractivity contribution in [2.24, 2.45) is 0 Å². The van der Waals surface area contributed by atoms with Crippen molar-refractivity contribution >= 4 is 0 Å². The summed E-state index contributed by atoms with van der Waals surface area (Å²) in [6.07, 6.45) is -4.09. The topological polar surface area (TPSA) is 22.0 Å². The predicted molar refractivity (Wildman–Crippen MR) is 61.8 cm³/mol. The van der Waals surface area contributed by atoms with Crippen LogP contribution in [0.25, 0.3) is 5.69 Å². The van der Waals surface area contributed by atoms with Gasteiger partial charge in [0.1, 0.15) is 0 Å². The van der Waals surface area contributed by atoms with Gasteiger partial charge in [-0.3, -0.25) is 9.36 Å². The number of nitrogens with zero attached hydrogens (tertiary/aromatic N) is 1. The molecule has 0 fully saturated rings. The van der Waals surface area contributed by atoms with Crippen LogP contribution in [0.1, 0.15) is 5.56 Å². The average Bonchev–Trinajstić information content (AvgIpc) is 2.31. The quantitative estimate of drug-likeness (QED) is 0.806. The van der Waals surface area contributed by atoms with Crippen LogP contribution < -0.4 is 5.56 Å². The standard InChI is InChI=1S/C13H10F3NO/c14-13(15,16)8-10-6-7-12(18)17(9-10)11-4-2-1-3-5-11/h1-7,9H,8H2. The maximum Gasteiger partial charge on any atom is 0.393 e. The molecule has 5 heteroatoms. The van der Waals surface area contributed by atoms with Crippen molar-refractivity contribution in [3.63, 3.8) is 0 Å². The number of rotatable bonds is 2. The van der Waals surface area contributed by atoms with Crippen molar-refractivity contribution in [1.82, 2.24) is 4.57 Å². The third-order valence-corrected chi connectivity index (χ3v) is 2.41. The fourth-order valence-corrected chi connectivity index (χ4v) is 1.66. The van der Waals surface area contributed by atoms with Gasteiger partial charge in [-0.05, 0) is 17.7 Å². The van der Waals surface area contributed by atoms with Gasteiger partial charge in [0.2, 0.25) is 0 Å². The van der Waals surface area contributed by atoms with Crippen LogP contribution in [0.5, 0.6) is 0 Å². The first-order valence-corrected chi connectivity index (χ1v) is 5.29. The van der Waals surface area contributed by atoms with Crippen LogP contribution in [-0.4, -0.2) is 10.7 Å². The van der Waals surface area contributed by atoms with Gasteiger partial charge in [-0.25, -0.2) is 0 Å². The molecule has 2 rings (SSSR count). The average molecular weight is 253 g/mol. The summed E-state index contributed by atoms with van der Waals surface area (Å²) in [5.74, 6) is 0. The molecular weight excluding hydrogens is 243 g/mol. The highest BCUT2D eigenvalue weighted by molar-refractivity contribution is 5.32. The van der Waals surface area contributed by atoms with Crippen molar-refractivity contribution < 1.29 is 13.2 Å². The summed E-state index contributed by atoms with van der Waals surface area (Å²) in [7, 11) is 0. The Hall–Kier alpha value is -2.04. The zero-order valence-electron chi connectivity index (χ0n) is 9.32. The molecule has 18 heavy (non-hydrogen) atoms. The van der Waals surface area contributed by atoms with Crippen LogP contribution in [0.2, 0.25) is 0 Å². The number of hydrogen-bond acceptors (Lipinski definition) is 1. The lowest BCUT2D eigenvalue weighted by Gasteiger charge is -2.10. The predicted octanol–water partition coefficient (Wildman–Crippen LogP) is 2.94. The summed E-state index contributed by atoms with van der Waals surface area (Å²) in [5, 5.41) is 0. The smallest absolute Gasteiger partial charge is 0.284 e. The molecule has 0 saturated heterocycles. The molecule has 0 saturated carbocycles. The van der Waals surface area contributed by atoms with E-state index < -0.39 is 12.6 Å². The van der Waals surface area contributed by atoms with E-state index in [-0.39, 0.29) is 11.1 Å². The van der Waals surface area contributed by atoms with Crippen LogP contribution in [0.15, 0.2) is 53.5 Å². The highest BCUT2D eigenvalue weighted by Gasteiger charge is 2.27. The monoisotopic (exact) mass is 253 g/mol. The molecular formula is C13H10F3NO. The minimum Gasteiger partial charge on any atom is -0.284 e. The van der Waals surface area contributed by atoms with Crippen LogP contribution in [0.3, 0.4) is 0 Å². The van der Waals surface area contributed by atoms with Gasteiger partial charge in [0.15, 0.2) is 0 Å². The number of hydrogen-bond donors (Lipinski definition) is 0. The highest BCUT2D eigenvalue weighted by Crippen LogP contribution is 2.20. The molecule has 94 valence electrons. The first-order chi connectivity index (χ1) is 8.46. The third-order valence-electron chi connectivity index (χ3n) is 2.41. The van der Waals surface area contributed by atoms with E-state index >= 15 is 0 Å².